The maximum absolute atomic E-state index is 5.97. The Kier molecular flexibility index (Phi) is 3.69. The smallest absolute Gasteiger partial charge is 0.181 e. The maximum Gasteiger partial charge on any atom is 0.181 e. The summed E-state index contributed by atoms with van der Waals surface area (Å²) in [6, 6.07) is 3.89. The molecule has 8 heteroatoms. The summed E-state index contributed by atoms with van der Waals surface area (Å²) in [4.78, 5) is 16.7. The van der Waals surface area contributed by atoms with Gasteiger partial charge in [0.05, 0.1) is 15.9 Å². The van der Waals surface area contributed by atoms with Gasteiger partial charge in [-0.25, -0.2) is 15.0 Å². The van der Waals surface area contributed by atoms with Gasteiger partial charge in [-0.2, -0.15) is 0 Å². The Balaban J connectivity index is 1.92. The van der Waals surface area contributed by atoms with Crippen LogP contribution in [0.5, 0.6) is 0 Å². The number of fused-ring (bicyclic) bond motifs is 1. The summed E-state index contributed by atoms with van der Waals surface area (Å²) in [5.41, 5.74) is 7.36. The molecule has 0 amide bonds. The van der Waals surface area contributed by atoms with E-state index in [1.165, 1.54) is 6.33 Å². The molecule has 0 spiro atoms. The third kappa shape index (κ3) is 2.59. The van der Waals surface area contributed by atoms with Crippen molar-refractivity contribution in [1.82, 2.24) is 19.9 Å². The van der Waals surface area contributed by atoms with Crippen LogP contribution in [0.4, 0.5) is 0 Å². The Morgan fingerprint density at radius 3 is 3.00 bits per heavy atom. The van der Waals surface area contributed by atoms with Crippen LogP contribution in [0.1, 0.15) is 10.1 Å². The minimum atomic E-state index is 0.124. The second kappa shape index (κ2) is 5.46. The first-order valence-electron chi connectivity index (χ1n) is 5.54. The predicted molar refractivity (Wildman–Crippen MR) is 78.7 cm³/mol. The summed E-state index contributed by atoms with van der Waals surface area (Å²) in [7, 11) is 0. The molecule has 0 saturated heterocycles. The second-order valence-electron chi connectivity index (χ2n) is 3.76. The molecule has 3 rings (SSSR count). The van der Waals surface area contributed by atoms with E-state index in [2.05, 4.69) is 19.9 Å². The van der Waals surface area contributed by atoms with Crippen LogP contribution in [-0.2, 0) is 0 Å². The number of halogens is 1. The van der Waals surface area contributed by atoms with Crippen LogP contribution in [-0.4, -0.2) is 26.5 Å². The second-order valence-corrected chi connectivity index (χ2v) is 6.70. The third-order valence-electron chi connectivity index (χ3n) is 2.57. The zero-order valence-corrected chi connectivity index (χ0v) is 12.1. The van der Waals surface area contributed by atoms with Gasteiger partial charge in [0.1, 0.15) is 16.9 Å². The van der Waals surface area contributed by atoms with Crippen LogP contribution in [0.2, 0.25) is 4.34 Å². The minimum Gasteiger partial charge on any atom is -0.341 e. The maximum atomic E-state index is 5.97. The zero-order valence-electron chi connectivity index (χ0n) is 9.71. The van der Waals surface area contributed by atoms with Crippen LogP contribution >= 0.6 is 34.7 Å². The van der Waals surface area contributed by atoms with Gasteiger partial charge in [0.25, 0.3) is 0 Å². The van der Waals surface area contributed by atoms with E-state index < -0.39 is 0 Å². The van der Waals surface area contributed by atoms with Gasteiger partial charge in [-0.3, -0.25) is 0 Å². The van der Waals surface area contributed by atoms with Gasteiger partial charge in [-0.05, 0) is 12.1 Å². The molecule has 3 aromatic rings. The predicted octanol–water partition coefficient (Wildman–Crippen LogP) is 2.86. The number of aromatic amines is 1. The standard InChI is InChI=1S/C11H10ClN5S2/c12-8-2-1-6(18-8)7(3-13)19-11-9-10(15-4-14-9)16-5-17-11/h1-2,4-5,7H,3,13H2,(H,14,15,16,17). The van der Waals surface area contributed by atoms with Gasteiger partial charge < -0.3 is 10.7 Å². The molecule has 0 aliphatic heterocycles. The average molecular weight is 312 g/mol. The highest BCUT2D eigenvalue weighted by Gasteiger charge is 2.17. The topological polar surface area (TPSA) is 80.5 Å². The minimum absolute atomic E-state index is 0.124. The Hall–Kier alpha value is -1.15. The van der Waals surface area contributed by atoms with Crippen molar-refractivity contribution < 1.29 is 0 Å². The normalized spacial score (nSPS) is 12.9. The number of rotatable bonds is 4. The van der Waals surface area contributed by atoms with E-state index in [1.807, 2.05) is 12.1 Å². The van der Waals surface area contributed by atoms with E-state index in [9.17, 15) is 0 Å². The zero-order chi connectivity index (χ0) is 13.2. The number of aromatic nitrogens is 4. The SMILES string of the molecule is NCC(Sc1ncnc2nc[nH]c12)c1ccc(Cl)s1. The van der Waals surface area contributed by atoms with Crippen molar-refractivity contribution in [2.75, 3.05) is 6.54 Å². The van der Waals surface area contributed by atoms with E-state index in [0.29, 0.717) is 12.2 Å². The number of nitrogens with one attached hydrogen (secondary N) is 1. The summed E-state index contributed by atoms with van der Waals surface area (Å²) in [6.07, 6.45) is 3.13. The lowest BCUT2D eigenvalue weighted by Gasteiger charge is -2.11. The van der Waals surface area contributed by atoms with E-state index in [0.717, 1.165) is 19.8 Å². The molecule has 0 fully saturated rings. The number of hydrogen-bond donors (Lipinski definition) is 2. The molecular weight excluding hydrogens is 302 g/mol. The molecule has 3 heterocycles. The molecule has 0 aliphatic carbocycles. The third-order valence-corrected chi connectivity index (χ3v) is 5.33. The molecule has 0 aliphatic rings. The summed E-state index contributed by atoms with van der Waals surface area (Å²) in [6.45, 7) is 0.515. The van der Waals surface area contributed by atoms with Crippen LogP contribution in [0, 0.1) is 0 Å². The quantitative estimate of drug-likeness (QED) is 0.572. The fourth-order valence-electron chi connectivity index (χ4n) is 1.69. The van der Waals surface area contributed by atoms with Gasteiger partial charge in [-0.15, -0.1) is 11.3 Å². The Morgan fingerprint density at radius 1 is 1.37 bits per heavy atom. The van der Waals surface area contributed by atoms with Crippen molar-refractivity contribution in [3.8, 4) is 0 Å². The van der Waals surface area contributed by atoms with Crippen molar-refractivity contribution in [3.05, 3.63) is 34.0 Å². The molecule has 98 valence electrons. The summed E-state index contributed by atoms with van der Waals surface area (Å²) in [5.74, 6) is 0. The molecule has 0 aromatic carbocycles. The number of thiophene rings is 1. The first kappa shape index (κ1) is 12.9. The van der Waals surface area contributed by atoms with Gasteiger partial charge in [0.2, 0.25) is 0 Å². The fourth-order valence-corrected chi connectivity index (χ4v) is 3.97. The number of nitrogens with two attached hydrogens (primary N) is 1. The summed E-state index contributed by atoms with van der Waals surface area (Å²) < 4.78 is 0.767. The molecular formula is C11H10ClN5S2. The number of nitrogens with zero attached hydrogens (tertiary/aromatic N) is 3. The van der Waals surface area contributed by atoms with Gasteiger partial charge in [0.15, 0.2) is 5.65 Å². The lowest BCUT2D eigenvalue weighted by Crippen LogP contribution is -2.08. The highest BCUT2D eigenvalue weighted by Crippen LogP contribution is 2.39. The van der Waals surface area contributed by atoms with Crippen molar-refractivity contribution >= 4 is 45.9 Å². The highest BCUT2D eigenvalue weighted by molar-refractivity contribution is 7.99. The summed E-state index contributed by atoms with van der Waals surface area (Å²) in [5, 5.41) is 0.973. The number of H-pyrrole nitrogens is 1. The molecule has 5 nitrogen and oxygen atoms in total. The monoisotopic (exact) mass is 311 g/mol. The van der Waals surface area contributed by atoms with Crippen LogP contribution in [0.25, 0.3) is 11.2 Å². The number of hydrogen-bond acceptors (Lipinski definition) is 6. The van der Waals surface area contributed by atoms with Crippen LogP contribution < -0.4 is 5.73 Å². The van der Waals surface area contributed by atoms with Crippen molar-refractivity contribution in [1.29, 1.82) is 0 Å². The van der Waals surface area contributed by atoms with E-state index in [-0.39, 0.29) is 5.25 Å². The van der Waals surface area contributed by atoms with E-state index >= 15 is 0 Å². The molecule has 0 radical (unpaired) electrons. The van der Waals surface area contributed by atoms with Crippen molar-refractivity contribution in [3.63, 3.8) is 0 Å². The molecule has 1 unspecified atom stereocenters. The lowest BCUT2D eigenvalue weighted by molar-refractivity contribution is 0.952. The Labute approximate surface area is 122 Å². The number of thioether (sulfide) groups is 1. The molecule has 19 heavy (non-hydrogen) atoms. The van der Waals surface area contributed by atoms with Gasteiger partial charge in [-0.1, -0.05) is 23.4 Å². The van der Waals surface area contributed by atoms with Crippen LogP contribution in [0.3, 0.4) is 0 Å². The molecule has 3 N–H and O–H groups in total. The summed E-state index contributed by atoms with van der Waals surface area (Å²) >= 11 is 9.10. The Bertz CT molecular complexity index is 695. The van der Waals surface area contributed by atoms with Crippen LogP contribution in [0.15, 0.2) is 29.8 Å². The highest BCUT2D eigenvalue weighted by atomic mass is 35.5. The van der Waals surface area contributed by atoms with E-state index in [4.69, 9.17) is 17.3 Å². The first-order valence-corrected chi connectivity index (χ1v) is 7.61. The molecule has 3 aromatic heterocycles. The van der Waals surface area contributed by atoms with Gasteiger partial charge in [0, 0.05) is 11.4 Å². The van der Waals surface area contributed by atoms with Crippen molar-refractivity contribution in [2.45, 2.75) is 10.3 Å². The van der Waals surface area contributed by atoms with Crippen molar-refractivity contribution in [2.24, 2.45) is 5.73 Å². The first-order chi connectivity index (χ1) is 9.28. The lowest BCUT2D eigenvalue weighted by atomic mass is 10.3. The van der Waals surface area contributed by atoms with Gasteiger partial charge >= 0.3 is 0 Å². The molecule has 1 atom stereocenters. The van der Waals surface area contributed by atoms with E-state index in [1.54, 1.807) is 29.4 Å². The Morgan fingerprint density at radius 2 is 2.26 bits per heavy atom. The average Bonchev–Trinajstić information content (AvgIpc) is 3.04. The number of imidazole rings is 1. The largest absolute Gasteiger partial charge is 0.341 e. The molecule has 0 bridgehead atoms. The fraction of sp³-hybridized carbons (Fsp3) is 0.182. The molecule has 0 saturated carbocycles.